The Morgan fingerprint density at radius 3 is 2.75 bits per heavy atom. The molecular formula is C22H26N4O2. The monoisotopic (exact) mass is 378 g/mol. The van der Waals surface area contributed by atoms with E-state index in [1.807, 2.05) is 24.3 Å². The van der Waals surface area contributed by atoms with Crippen molar-refractivity contribution < 1.29 is 4.79 Å². The van der Waals surface area contributed by atoms with Gasteiger partial charge >= 0.3 is 0 Å². The van der Waals surface area contributed by atoms with Crippen LogP contribution in [0.3, 0.4) is 0 Å². The van der Waals surface area contributed by atoms with Gasteiger partial charge < -0.3 is 9.88 Å². The molecule has 0 aliphatic heterocycles. The highest BCUT2D eigenvalue weighted by molar-refractivity contribution is 5.91. The number of fused-ring (bicyclic) bond motifs is 3. The number of rotatable bonds is 4. The number of amides is 1. The minimum absolute atomic E-state index is 0.0122. The topological polar surface area (TPSA) is 68.4 Å². The van der Waals surface area contributed by atoms with Crippen LogP contribution >= 0.6 is 0 Å². The summed E-state index contributed by atoms with van der Waals surface area (Å²) in [7, 11) is 0. The molecule has 146 valence electrons. The lowest BCUT2D eigenvalue weighted by atomic mass is 10.0. The number of aryl methyl sites for hydroxylation is 2. The number of para-hydroxylation sites is 1. The average Bonchev–Trinajstić information content (AvgIpc) is 2.86. The molecule has 28 heavy (non-hydrogen) atoms. The Balaban J connectivity index is 1.62. The van der Waals surface area contributed by atoms with E-state index in [2.05, 4.69) is 24.3 Å². The summed E-state index contributed by atoms with van der Waals surface area (Å²) in [5.41, 5.74) is 4.44. The molecule has 0 spiro atoms. The molecular weight excluding hydrogens is 352 g/mol. The zero-order valence-electron chi connectivity index (χ0n) is 16.4. The second-order valence-corrected chi connectivity index (χ2v) is 7.80. The molecule has 1 amide bonds. The van der Waals surface area contributed by atoms with Crippen LogP contribution in [-0.2, 0) is 24.2 Å². The van der Waals surface area contributed by atoms with Crippen LogP contribution in [-0.4, -0.2) is 20.1 Å². The van der Waals surface area contributed by atoms with Gasteiger partial charge in [-0.05, 0) is 43.2 Å². The number of carbonyl (C=O) groups excluding carboxylic acids is 1. The fourth-order valence-corrected chi connectivity index (χ4v) is 4.02. The predicted molar refractivity (Wildman–Crippen MR) is 110 cm³/mol. The van der Waals surface area contributed by atoms with Crippen LogP contribution < -0.4 is 10.9 Å². The fraction of sp³-hybridized carbons (Fsp3) is 0.409. The first kappa shape index (κ1) is 18.5. The van der Waals surface area contributed by atoms with Gasteiger partial charge in [-0.1, -0.05) is 38.5 Å². The van der Waals surface area contributed by atoms with Gasteiger partial charge in [-0.25, -0.2) is 4.52 Å². The molecule has 1 aliphatic rings. The second-order valence-electron chi connectivity index (χ2n) is 7.80. The molecule has 1 aromatic carbocycles. The van der Waals surface area contributed by atoms with Gasteiger partial charge in [0.15, 0.2) is 0 Å². The van der Waals surface area contributed by atoms with Crippen LogP contribution in [0.2, 0.25) is 0 Å². The van der Waals surface area contributed by atoms with Gasteiger partial charge in [0.25, 0.3) is 5.56 Å². The highest BCUT2D eigenvalue weighted by Crippen LogP contribution is 2.24. The Kier molecular flexibility index (Phi) is 5.03. The third-order valence-electron chi connectivity index (χ3n) is 5.45. The van der Waals surface area contributed by atoms with Crippen molar-refractivity contribution in [3.8, 4) is 0 Å². The van der Waals surface area contributed by atoms with Crippen LogP contribution in [0.5, 0.6) is 0 Å². The Hall–Kier alpha value is -2.89. The number of nitrogens with one attached hydrogen (secondary N) is 1. The number of benzene rings is 1. The number of nitrogens with zero attached hydrogens (tertiary/aromatic N) is 3. The Morgan fingerprint density at radius 2 is 1.93 bits per heavy atom. The van der Waals surface area contributed by atoms with Gasteiger partial charge in [0.2, 0.25) is 5.91 Å². The SMILES string of the molecule is CC(C)c1ccccc1NC(=O)Cn1ccn2nc3c(c2c1=O)CCCCC3. The summed E-state index contributed by atoms with van der Waals surface area (Å²) in [5.74, 6) is 0.1000. The first-order valence-electron chi connectivity index (χ1n) is 10.0. The van der Waals surface area contributed by atoms with Crippen LogP contribution in [0.25, 0.3) is 5.52 Å². The summed E-state index contributed by atoms with van der Waals surface area (Å²) >= 11 is 0. The maximum absolute atomic E-state index is 13.1. The van der Waals surface area contributed by atoms with E-state index in [1.54, 1.807) is 16.9 Å². The summed E-state index contributed by atoms with van der Waals surface area (Å²) in [6, 6.07) is 7.78. The van der Waals surface area contributed by atoms with Crippen LogP contribution in [0.15, 0.2) is 41.5 Å². The van der Waals surface area contributed by atoms with E-state index in [4.69, 9.17) is 0 Å². The van der Waals surface area contributed by atoms with Crippen molar-refractivity contribution in [3.05, 3.63) is 63.8 Å². The number of hydrogen-bond donors (Lipinski definition) is 1. The molecule has 2 heterocycles. The smallest absolute Gasteiger partial charge is 0.277 e. The molecule has 6 heteroatoms. The lowest BCUT2D eigenvalue weighted by Gasteiger charge is -2.14. The summed E-state index contributed by atoms with van der Waals surface area (Å²) in [6.07, 6.45) is 8.59. The summed E-state index contributed by atoms with van der Waals surface area (Å²) in [5, 5.41) is 7.56. The molecule has 0 saturated carbocycles. The van der Waals surface area contributed by atoms with Crippen molar-refractivity contribution in [1.29, 1.82) is 0 Å². The van der Waals surface area contributed by atoms with E-state index in [-0.39, 0.29) is 18.0 Å². The van der Waals surface area contributed by atoms with E-state index in [0.29, 0.717) is 11.4 Å². The van der Waals surface area contributed by atoms with Gasteiger partial charge in [0.05, 0.1) is 5.69 Å². The molecule has 0 fully saturated rings. The lowest BCUT2D eigenvalue weighted by Crippen LogP contribution is -2.28. The van der Waals surface area contributed by atoms with Crippen molar-refractivity contribution >= 4 is 17.1 Å². The molecule has 0 saturated heterocycles. The minimum atomic E-state index is -0.204. The third-order valence-corrected chi connectivity index (χ3v) is 5.45. The molecule has 4 rings (SSSR count). The zero-order chi connectivity index (χ0) is 19.7. The van der Waals surface area contributed by atoms with Crippen LogP contribution in [0.4, 0.5) is 5.69 Å². The summed E-state index contributed by atoms with van der Waals surface area (Å²) in [4.78, 5) is 25.7. The first-order chi connectivity index (χ1) is 13.5. The molecule has 1 aliphatic carbocycles. The molecule has 2 aromatic heterocycles. The van der Waals surface area contributed by atoms with Crippen molar-refractivity contribution in [3.63, 3.8) is 0 Å². The molecule has 6 nitrogen and oxygen atoms in total. The molecule has 0 radical (unpaired) electrons. The number of anilines is 1. The molecule has 0 atom stereocenters. The standard InChI is InChI=1S/C22H26N4O2/c1-15(2)16-8-6-7-10-18(16)23-20(27)14-25-12-13-26-21(22(25)28)17-9-4-3-5-11-19(17)24-26/h6-8,10,12-13,15H,3-5,9,11,14H2,1-2H3,(H,23,27). The Morgan fingerprint density at radius 1 is 1.14 bits per heavy atom. The largest absolute Gasteiger partial charge is 0.324 e. The van der Waals surface area contributed by atoms with Gasteiger partial charge in [-0.2, -0.15) is 5.10 Å². The maximum atomic E-state index is 13.1. The maximum Gasteiger partial charge on any atom is 0.277 e. The summed E-state index contributed by atoms with van der Waals surface area (Å²) in [6.45, 7) is 4.17. The van der Waals surface area contributed by atoms with Crippen molar-refractivity contribution in [2.24, 2.45) is 0 Å². The number of hydrogen-bond acceptors (Lipinski definition) is 3. The van der Waals surface area contributed by atoms with Crippen LogP contribution in [0.1, 0.15) is 55.8 Å². The van der Waals surface area contributed by atoms with E-state index in [9.17, 15) is 9.59 Å². The van der Waals surface area contributed by atoms with Crippen molar-refractivity contribution in [1.82, 2.24) is 14.2 Å². The van der Waals surface area contributed by atoms with Crippen LogP contribution in [0, 0.1) is 0 Å². The quantitative estimate of drug-likeness (QED) is 0.706. The number of aromatic nitrogens is 3. The highest BCUT2D eigenvalue weighted by atomic mass is 16.2. The third kappa shape index (κ3) is 3.46. The fourth-order valence-electron chi connectivity index (χ4n) is 4.02. The lowest BCUT2D eigenvalue weighted by molar-refractivity contribution is -0.116. The van der Waals surface area contributed by atoms with E-state index < -0.39 is 0 Å². The first-order valence-corrected chi connectivity index (χ1v) is 10.0. The van der Waals surface area contributed by atoms with Gasteiger partial charge in [0.1, 0.15) is 12.1 Å². The van der Waals surface area contributed by atoms with E-state index in [1.165, 1.54) is 11.0 Å². The normalized spacial score (nSPS) is 14.1. The zero-order valence-corrected chi connectivity index (χ0v) is 16.4. The van der Waals surface area contributed by atoms with E-state index >= 15 is 0 Å². The average molecular weight is 378 g/mol. The predicted octanol–water partition coefficient (Wildman–Crippen LogP) is 3.53. The van der Waals surface area contributed by atoms with Gasteiger partial charge in [0, 0.05) is 23.6 Å². The minimum Gasteiger partial charge on any atom is -0.324 e. The van der Waals surface area contributed by atoms with Gasteiger partial charge in [-0.15, -0.1) is 0 Å². The molecule has 3 aromatic rings. The molecule has 0 bridgehead atoms. The van der Waals surface area contributed by atoms with Gasteiger partial charge in [-0.3, -0.25) is 9.59 Å². The van der Waals surface area contributed by atoms with E-state index in [0.717, 1.165) is 48.2 Å². The molecule has 1 N–H and O–H groups in total. The highest BCUT2D eigenvalue weighted by Gasteiger charge is 2.19. The number of carbonyl (C=O) groups is 1. The second kappa shape index (κ2) is 7.62. The Bertz CT molecular complexity index is 1080. The Labute approximate surface area is 164 Å². The van der Waals surface area contributed by atoms with Crippen molar-refractivity contribution in [2.45, 2.75) is 58.4 Å². The summed E-state index contributed by atoms with van der Waals surface area (Å²) < 4.78 is 3.16. The molecule has 0 unspecified atom stereocenters. The van der Waals surface area contributed by atoms with Crippen molar-refractivity contribution in [2.75, 3.05) is 5.32 Å².